The predicted molar refractivity (Wildman–Crippen MR) is 109 cm³/mol. The molecule has 3 rings (SSSR count). The Hall–Kier alpha value is -3.48. The first kappa shape index (κ1) is 19.3. The van der Waals surface area contributed by atoms with Crippen LogP contribution in [-0.2, 0) is 6.42 Å². The number of aromatic nitrogens is 2. The molecule has 0 saturated heterocycles. The third-order valence-electron chi connectivity index (χ3n) is 4.20. The fourth-order valence-corrected chi connectivity index (χ4v) is 2.61. The molecule has 0 aliphatic heterocycles. The number of nitrogens with zero attached hydrogens (tertiary/aromatic N) is 3. The third-order valence-corrected chi connectivity index (χ3v) is 4.20. The number of nitrogens with one attached hydrogen (secondary N) is 2. The zero-order chi connectivity index (χ0) is 19.9. The third kappa shape index (κ3) is 5.03. The summed E-state index contributed by atoms with van der Waals surface area (Å²) < 4.78 is 13.6. The summed E-state index contributed by atoms with van der Waals surface area (Å²) in [6.45, 7) is 0.513. The van der Waals surface area contributed by atoms with Crippen molar-refractivity contribution in [3.05, 3.63) is 77.7 Å². The number of carbonyl (C=O) groups excluding carboxylic acids is 1. The van der Waals surface area contributed by atoms with Crippen molar-refractivity contribution in [1.29, 1.82) is 0 Å². The Kier molecular flexibility index (Phi) is 6.16. The topological polar surface area (TPSA) is 70.2 Å². The summed E-state index contributed by atoms with van der Waals surface area (Å²) in [5.41, 5.74) is 2.59. The van der Waals surface area contributed by atoms with Gasteiger partial charge in [0.05, 0.1) is 0 Å². The van der Waals surface area contributed by atoms with Gasteiger partial charge in [-0.25, -0.2) is 4.39 Å². The van der Waals surface area contributed by atoms with E-state index >= 15 is 0 Å². The molecule has 3 aromatic rings. The van der Waals surface area contributed by atoms with Crippen molar-refractivity contribution in [2.75, 3.05) is 36.2 Å². The average Bonchev–Trinajstić information content (AvgIpc) is 2.70. The summed E-state index contributed by atoms with van der Waals surface area (Å²) in [7, 11) is 3.91. The summed E-state index contributed by atoms with van der Waals surface area (Å²) >= 11 is 0. The molecule has 144 valence electrons. The molecule has 2 N–H and O–H groups in total. The molecule has 1 aromatic heterocycles. The van der Waals surface area contributed by atoms with Gasteiger partial charge in [0.15, 0.2) is 5.69 Å². The number of hydrogen-bond acceptors (Lipinski definition) is 5. The molecule has 0 bridgehead atoms. The molecule has 0 atom stereocenters. The molecular weight excluding hydrogens is 357 g/mol. The highest BCUT2D eigenvalue weighted by atomic mass is 19.1. The average molecular weight is 379 g/mol. The Balaban J connectivity index is 1.53. The van der Waals surface area contributed by atoms with Gasteiger partial charge in [-0.2, -0.15) is 0 Å². The van der Waals surface area contributed by atoms with E-state index in [1.165, 1.54) is 6.07 Å². The highest BCUT2D eigenvalue weighted by Gasteiger charge is 2.09. The molecule has 7 heteroatoms. The lowest BCUT2D eigenvalue weighted by Gasteiger charge is -2.13. The molecule has 6 nitrogen and oxygen atoms in total. The molecule has 0 saturated carbocycles. The largest absolute Gasteiger partial charge is 0.378 e. The van der Waals surface area contributed by atoms with Crippen LogP contribution in [0.5, 0.6) is 0 Å². The molecule has 2 aromatic carbocycles. The first-order chi connectivity index (χ1) is 13.5. The van der Waals surface area contributed by atoms with Crippen molar-refractivity contribution in [3.8, 4) is 0 Å². The van der Waals surface area contributed by atoms with E-state index < -0.39 is 0 Å². The van der Waals surface area contributed by atoms with Crippen LogP contribution in [0.25, 0.3) is 0 Å². The molecule has 0 spiro atoms. The number of rotatable bonds is 7. The van der Waals surface area contributed by atoms with Crippen LogP contribution in [0.2, 0.25) is 0 Å². The first-order valence-corrected chi connectivity index (χ1v) is 8.92. The summed E-state index contributed by atoms with van der Waals surface area (Å²) in [4.78, 5) is 14.3. The lowest BCUT2D eigenvalue weighted by Crippen LogP contribution is -2.15. The van der Waals surface area contributed by atoms with Crippen molar-refractivity contribution >= 4 is 23.1 Å². The zero-order valence-corrected chi connectivity index (χ0v) is 15.8. The van der Waals surface area contributed by atoms with Crippen molar-refractivity contribution in [2.24, 2.45) is 0 Å². The van der Waals surface area contributed by atoms with Crippen LogP contribution < -0.4 is 15.5 Å². The van der Waals surface area contributed by atoms with E-state index in [0.29, 0.717) is 30.0 Å². The van der Waals surface area contributed by atoms with Crippen molar-refractivity contribution in [1.82, 2.24) is 10.2 Å². The maximum atomic E-state index is 13.6. The smallest absolute Gasteiger partial charge is 0.276 e. The normalized spacial score (nSPS) is 10.4. The molecule has 0 unspecified atom stereocenters. The van der Waals surface area contributed by atoms with Gasteiger partial charge in [0.25, 0.3) is 5.91 Å². The van der Waals surface area contributed by atoms with Crippen LogP contribution in [0.15, 0.2) is 60.7 Å². The molecular formula is C21H22FN5O. The summed E-state index contributed by atoms with van der Waals surface area (Å²) in [5, 5.41) is 13.8. The van der Waals surface area contributed by atoms with Gasteiger partial charge < -0.3 is 15.5 Å². The molecule has 0 aliphatic rings. The van der Waals surface area contributed by atoms with Crippen LogP contribution in [0.1, 0.15) is 16.1 Å². The lowest BCUT2D eigenvalue weighted by molar-refractivity contribution is 0.102. The quantitative estimate of drug-likeness (QED) is 0.657. The van der Waals surface area contributed by atoms with E-state index in [2.05, 4.69) is 20.8 Å². The minimum atomic E-state index is -0.331. The van der Waals surface area contributed by atoms with Gasteiger partial charge in [-0.15, -0.1) is 10.2 Å². The van der Waals surface area contributed by atoms with Gasteiger partial charge in [-0.3, -0.25) is 4.79 Å². The van der Waals surface area contributed by atoms with E-state index in [0.717, 1.165) is 5.69 Å². The lowest BCUT2D eigenvalue weighted by atomic mass is 10.1. The van der Waals surface area contributed by atoms with E-state index in [-0.39, 0.29) is 17.4 Å². The zero-order valence-electron chi connectivity index (χ0n) is 15.8. The number of anilines is 3. The number of hydrogen-bond donors (Lipinski definition) is 2. The molecule has 0 radical (unpaired) electrons. The van der Waals surface area contributed by atoms with Crippen molar-refractivity contribution < 1.29 is 9.18 Å². The summed E-state index contributed by atoms with van der Waals surface area (Å²) in [5.74, 6) is -0.0211. The van der Waals surface area contributed by atoms with E-state index in [9.17, 15) is 9.18 Å². The Labute approximate surface area is 163 Å². The van der Waals surface area contributed by atoms with Crippen LogP contribution in [0.4, 0.5) is 21.6 Å². The minimum absolute atomic E-state index is 0.219. The van der Waals surface area contributed by atoms with Gasteiger partial charge in [0, 0.05) is 32.0 Å². The highest BCUT2D eigenvalue weighted by molar-refractivity contribution is 6.02. The highest BCUT2D eigenvalue weighted by Crippen LogP contribution is 2.16. The Morgan fingerprint density at radius 3 is 2.39 bits per heavy atom. The monoisotopic (exact) mass is 379 g/mol. The van der Waals surface area contributed by atoms with Gasteiger partial charge in [-0.05, 0) is 54.4 Å². The summed E-state index contributed by atoms with van der Waals surface area (Å²) in [6, 6.07) is 17.4. The maximum absolute atomic E-state index is 13.6. The minimum Gasteiger partial charge on any atom is -0.378 e. The number of carbonyl (C=O) groups is 1. The first-order valence-electron chi connectivity index (χ1n) is 8.92. The van der Waals surface area contributed by atoms with Crippen LogP contribution in [-0.4, -0.2) is 36.7 Å². The van der Waals surface area contributed by atoms with Gasteiger partial charge in [0.1, 0.15) is 11.6 Å². The predicted octanol–water partition coefficient (Wildman–Crippen LogP) is 3.59. The van der Waals surface area contributed by atoms with E-state index in [1.54, 1.807) is 30.3 Å². The number of amides is 1. The van der Waals surface area contributed by atoms with Crippen LogP contribution in [0, 0.1) is 5.82 Å². The Morgan fingerprint density at radius 2 is 1.75 bits per heavy atom. The van der Waals surface area contributed by atoms with Crippen LogP contribution in [0.3, 0.4) is 0 Å². The maximum Gasteiger partial charge on any atom is 0.276 e. The van der Waals surface area contributed by atoms with E-state index in [4.69, 9.17) is 0 Å². The SMILES string of the molecule is CN(C)c1ccc(NC(=O)c2ccc(NCCc3ccccc3F)nn2)cc1. The van der Waals surface area contributed by atoms with Gasteiger partial charge in [0.2, 0.25) is 0 Å². The second-order valence-corrected chi connectivity index (χ2v) is 6.47. The molecule has 0 fully saturated rings. The summed E-state index contributed by atoms with van der Waals surface area (Å²) in [6.07, 6.45) is 0.527. The fourth-order valence-electron chi connectivity index (χ4n) is 2.61. The molecule has 1 amide bonds. The molecule has 28 heavy (non-hydrogen) atoms. The van der Waals surface area contributed by atoms with E-state index in [1.807, 2.05) is 43.3 Å². The standard InChI is InChI=1S/C21H22FN5O/c1-27(2)17-9-7-16(8-10-17)24-21(28)19-11-12-20(26-25-19)23-14-13-15-5-3-4-6-18(15)22/h3-12H,13-14H2,1-2H3,(H,23,26)(H,24,28). The molecule has 0 aliphatic carbocycles. The second-order valence-electron chi connectivity index (χ2n) is 6.47. The molecule has 1 heterocycles. The number of halogens is 1. The number of benzene rings is 2. The Bertz CT molecular complexity index is 926. The van der Waals surface area contributed by atoms with Crippen molar-refractivity contribution in [3.63, 3.8) is 0 Å². The second kappa shape index (κ2) is 8.94. The van der Waals surface area contributed by atoms with Gasteiger partial charge in [-0.1, -0.05) is 18.2 Å². The van der Waals surface area contributed by atoms with Crippen molar-refractivity contribution in [2.45, 2.75) is 6.42 Å². The fraction of sp³-hybridized carbons (Fsp3) is 0.190. The van der Waals surface area contributed by atoms with Crippen LogP contribution >= 0.6 is 0 Å². The Morgan fingerprint density at radius 1 is 1.00 bits per heavy atom. The van der Waals surface area contributed by atoms with Gasteiger partial charge >= 0.3 is 0 Å².